The summed E-state index contributed by atoms with van der Waals surface area (Å²) in [5, 5.41) is 9.98. The fraction of sp³-hybridized carbons (Fsp3) is 0.714. The number of aliphatic hydroxyl groups excluding tert-OH is 1. The molecule has 0 saturated heterocycles. The molecule has 1 N–H and O–H groups in total. The normalized spacial score (nSPS) is 17.5. The van der Waals surface area contributed by atoms with Gasteiger partial charge in [0.1, 0.15) is 0 Å². The molecule has 0 saturated carbocycles. The molecule has 26 heavy (non-hydrogen) atoms. The van der Waals surface area contributed by atoms with Gasteiger partial charge in [-0.05, 0) is 32.1 Å². The second-order valence-corrected chi connectivity index (χ2v) is 6.84. The van der Waals surface area contributed by atoms with Crippen LogP contribution in [0.3, 0.4) is 0 Å². The minimum Gasteiger partial charge on any atom is -0.504 e. The van der Waals surface area contributed by atoms with Gasteiger partial charge in [0.15, 0.2) is 5.76 Å². The van der Waals surface area contributed by atoms with Crippen molar-refractivity contribution in [2.45, 2.75) is 83.3 Å². The first-order chi connectivity index (χ1) is 12.5. The van der Waals surface area contributed by atoms with Crippen LogP contribution in [-0.2, 0) is 19.1 Å². The first-order valence-corrected chi connectivity index (χ1v) is 9.77. The van der Waals surface area contributed by atoms with Crippen molar-refractivity contribution in [1.82, 2.24) is 0 Å². The third kappa shape index (κ3) is 6.36. The predicted octanol–water partition coefficient (Wildman–Crippen LogP) is 4.81. The van der Waals surface area contributed by atoms with Crippen LogP contribution in [0.15, 0.2) is 23.5 Å². The van der Waals surface area contributed by atoms with E-state index in [0.717, 1.165) is 32.1 Å². The Morgan fingerprint density at radius 1 is 0.962 bits per heavy atom. The van der Waals surface area contributed by atoms with Crippen molar-refractivity contribution < 1.29 is 24.2 Å². The highest BCUT2D eigenvalue weighted by Crippen LogP contribution is 2.32. The van der Waals surface area contributed by atoms with Gasteiger partial charge in [-0.1, -0.05) is 51.2 Å². The second-order valence-electron chi connectivity index (χ2n) is 6.84. The summed E-state index contributed by atoms with van der Waals surface area (Å²) in [5.74, 6) is -2.94. The maximum atomic E-state index is 12.6. The van der Waals surface area contributed by atoms with Gasteiger partial charge in [0.05, 0.1) is 6.42 Å². The maximum absolute atomic E-state index is 12.6. The van der Waals surface area contributed by atoms with E-state index in [2.05, 4.69) is 19.1 Å². The van der Waals surface area contributed by atoms with E-state index in [-0.39, 0.29) is 12.0 Å². The van der Waals surface area contributed by atoms with Crippen LogP contribution in [0.2, 0.25) is 0 Å². The number of allylic oxidation sites excluding steroid dienone is 3. The van der Waals surface area contributed by atoms with E-state index in [4.69, 9.17) is 9.47 Å². The van der Waals surface area contributed by atoms with Crippen LogP contribution in [0, 0.1) is 0 Å². The lowest BCUT2D eigenvalue weighted by Crippen LogP contribution is -2.49. The molecule has 0 aromatic rings. The number of carbonyl (C=O) groups excluding carboxylic acids is 2. The van der Waals surface area contributed by atoms with Gasteiger partial charge < -0.3 is 14.6 Å². The van der Waals surface area contributed by atoms with Gasteiger partial charge in [-0.2, -0.15) is 0 Å². The monoisotopic (exact) mass is 366 g/mol. The lowest BCUT2D eigenvalue weighted by Gasteiger charge is -2.32. The Morgan fingerprint density at radius 3 is 2.15 bits per heavy atom. The Labute approximate surface area is 157 Å². The first kappa shape index (κ1) is 22.6. The molecule has 0 radical (unpaired) electrons. The van der Waals surface area contributed by atoms with Crippen molar-refractivity contribution >= 4 is 11.6 Å². The van der Waals surface area contributed by atoms with Crippen LogP contribution in [0.25, 0.3) is 0 Å². The van der Waals surface area contributed by atoms with Crippen LogP contribution in [0.4, 0.5) is 0 Å². The van der Waals surface area contributed by atoms with Crippen molar-refractivity contribution in [2.75, 3.05) is 14.2 Å². The highest BCUT2D eigenvalue weighted by Gasteiger charge is 2.48. The number of carbonyl (C=O) groups is 2. The van der Waals surface area contributed by atoms with Crippen LogP contribution < -0.4 is 0 Å². The Hall–Kier alpha value is -1.46. The quantitative estimate of drug-likeness (QED) is 0.288. The zero-order chi connectivity index (χ0) is 19.4. The molecule has 148 valence electrons. The van der Waals surface area contributed by atoms with Gasteiger partial charge in [0.2, 0.25) is 17.4 Å². The molecular weight excluding hydrogens is 332 g/mol. The Morgan fingerprint density at radius 2 is 1.54 bits per heavy atom. The Balaban J connectivity index is 2.33. The van der Waals surface area contributed by atoms with E-state index in [1.54, 1.807) is 0 Å². The maximum Gasteiger partial charge on any atom is 0.240 e. The average Bonchev–Trinajstić information content (AvgIpc) is 2.65. The zero-order valence-corrected chi connectivity index (χ0v) is 16.5. The fourth-order valence-corrected chi connectivity index (χ4v) is 3.18. The molecule has 1 rings (SSSR count). The molecule has 0 atom stereocenters. The highest BCUT2D eigenvalue weighted by molar-refractivity contribution is 6.14. The molecule has 5 nitrogen and oxygen atoms in total. The molecular formula is C21H34O5. The number of hydrogen-bond donors (Lipinski definition) is 1. The van der Waals surface area contributed by atoms with E-state index in [0.29, 0.717) is 6.42 Å². The van der Waals surface area contributed by atoms with E-state index >= 15 is 0 Å². The number of hydrogen-bond acceptors (Lipinski definition) is 5. The summed E-state index contributed by atoms with van der Waals surface area (Å²) in [4.78, 5) is 24.5. The number of unbranched alkanes of at least 4 members (excludes halogenated alkanes) is 7. The zero-order valence-electron chi connectivity index (χ0n) is 16.5. The van der Waals surface area contributed by atoms with E-state index in [1.165, 1.54) is 39.9 Å². The van der Waals surface area contributed by atoms with Gasteiger partial charge in [-0.25, -0.2) is 0 Å². The molecule has 0 fully saturated rings. The third-order valence-electron chi connectivity index (χ3n) is 4.91. The molecule has 1 aliphatic carbocycles. The van der Waals surface area contributed by atoms with Crippen molar-refractivity contribution in [2.24, 2.45) is 0 Å². The molecule has 5 heteroatoms. The van der Waals surface area contributed by atoms with E-state index < -0.39 is 23.1 Å². The molecule has 0 aliphatic heterocycles. The third-order valence-corrected chi connectivity index (χ3v) is 4.91. The molecule has 0 heterocycles. The minimum atomic E-state index is -1.58. The largest absolute Gasteiger partial charge is 0.504 e. The average molecular weight is 366 g/mol. The standard InChI is InChI=1S/C21H34O5/c1-4-5-6-7-8-9-10-11-12-13-14-15-17-19(23)18(22)16-21(25-2,26-3)20(17)24/h7-8,23H,4-6,9-16H2,1-3H3. The van der Waals surface area contributed by atoms with Gasteiger partial charge >= 0.3 is 0 Å². The second kappa shape index (κ2) is 12.0. The number of ketones is 2. The van der Waals surface area contributed by atoms with Crippen molar-refractivity contribution in [3.05, 3.63) is 23.5 Å². The first-order valence-electron chi connectivity index (χ1n) is 9.77. The minimum absolute atomic E-state index is 0.142. The van der Waals surface area contributed by atoms with Gasteiger partial charge in [-0.3, -0.25) is 9.59 Å². The van der Waals surface area contributed by atoms with Crippen molar-refractivity contribution in [1.29, 1.82) is 0 Å². The summed E-state index contributed by atoms with van der Waals surface area (Å²) >= 11 is 0. The van der Waals surface area contributed by atoms with E-state index in [9.17, 15) is 14.7 Å². The topological polar surface area (TPSA) is 72.8 Å². The van der Waals surface area contributed by atoms with E-state index in [1.807, 2.05) is 0 Å². The fourth-order valence-electron chi connectivity index (χ4n) is 3.18. The SMILES string of the molecule is CCCCC=CCCCCCCCC1=C(O)C(=O)CC(OC)(OC)C1=O. The molecule has 0 spiro atoms. The van der Waals surface area contributed by atoms with Gasteiger partial charge in [-0.15, -0.1) is 0 Å². The molecule has 0 unspecified atom stereocenters. The summed E-state index contributed by atoms with van der Waals surface area (Å²) in [6.07, 6.45) is 14.5. The van der Waals surface area contributed by atoms with Gasteiger partial charge in [0, 0.05) is 19.8 Å². The summed E-state index contributed by atoms with van der Waals surface area (Å²) in [6, 6.07) is 0. The molecule has 0 aromatic heterocycles. The number of aliphatic hydroxyl groups is 1. The lowest BCUT2D eigenvalue weighted by atomic mass is 9.86. The molecule has 1 aliphatic rings. The molecule has 0 amide bonds. The Kier molecular flexibility index (Phi) is 10.4. The number of Topliss-reactive ketones (excluding diaryl/α,β-unsaturated/α-hetero) is 2. The molecule has 0 bridgehead atoms. The molecule has 0 aromatic carbocycles. The summed E-state index contributed by atoms with van der Waals surface area (Å²) < 4.78 is 10.3. The van der Waals surface area contributed by atoms with Crippen LogP contribution >= 0.6 is 0 Å². The van der Waals surface area contributed by atoms with Gasteiger partial charge in [0.25, 0.3) is 0 Å². The van der Waals surface area contributed by atoms with Crippen molar-refractivity contribution in [3.63, 3.8) is 0 Å². The lowest BCUT2D eigenvalue weighted by molar-refractivity contribution is -0.208. The van der Waals surface area contributed by atoms with Crippen molar-refractivity contribution in [3.8, 4) is 0 Å². The smallest absolute Gasteiger partial charge is 0.240 e. The summed E-state index contributed by atoms with van der Waals surface area (Å²) in [6.45, 7) is 2.20. The predicted molar refractivity (Wildman–Crippen MR) is 102 cm³/mol. The summed E-state index contributed by atoms with van der Waals surface area (Å²) in [5.41, 5.74) is 0.142. The number of ether oxygens (including phenoxy) is 2. The van der Waals surface area contributed by atoms with Crippen LogP contribution in [-0.4, -0.2) is 36.7 Å². The van der Waals surface area contributed by atoms with Crippen LogP contribution in [0.5, 0.6) is 0 Å². The highest BCUT2D eigenvalue weighted by atomic mass is 16.7. The van der Waals surface area contributed by atoms with Crippen LogP contribution in [0.1, 0.15) is 77.6 Å². The summed E-state index contributed by atoms with van der Waals surface area (Å²) in [7, 11) is 2.68. The Bertz CT molecular complexity index is 514. The number of methoxy groups -OCH3 is 2. The number of rotatable bonds is 13.